The zero-order valence-corrected chi connectivity index (χ0v) is 13.0. The standard InChI is InChI=1S/C19H18N2O2/c1-13(19(22)21-17-8-9-17)23-18-10-6-16(7-11-18)15-4-2-14(12-20)3-5-15/h2-7,10-11,13,17H,8-9H2,1H3,(H,21,22)/t13-/m1/s1. The number of amides is 1. The zero-order valence-electron chi connectivity index (χ0n) is 13.0. The predicted molar refractivity (Wildman–Crippen MR) is 87.8 cm³/mol. The third-order valence-electron chi connectivity index (χ3n) is 3.81. The summed E-state index contributed by atoms with van der Waals surface area (Å²) in [6, 6.07) is 17.5. The van der Waals surface area contributed by atoms with Crippen LogP contribution in [0.1, 0.15) is 25.3 Å². The van der Waals surface area contributed by atoms with E-state index in [1.54, 1.807) is 19.1 Å². The molecule has 2 aromatic carbocycles. The van der Waals surface area contributed by atoms with Crippen LogP contribution in [0.3, 0.4) is 0 Å². The molecule has 0 unspecified atom stereocenters. The lowest BCUT2D eigenvalue weighted by Gasteiger charge is -2.14. The number of carbonyl (C=O) groups is 1. The van der Waals surface area contributed by atoms with Gasteiger partial charge in [-0.05, 0) is 55.2 Å². The van der Waals surface area contributed by atoms with Crippen LogP contribution in [0.25, 0.3) is 11.1 Å². The van der Waals surface area contributed by atoms with E-state index in [2.05, 4.69) is 11.4 Å². The van der Waals surface area contributed by atoms with Crippen LogP contribution in [0.5, 0.6) is 5.75 Å². The van der Waals surface area contributed by atoms with Gasteiger partial charge < -0.3 is 10.1 Å². The van der Waals surface area contributed by atoms with Gasteiger partial charge in [0.15, 0.2) is 6.10 Å². The quantitative estimate of drug-likeness (QED) is 0.922. The Labute approximate surface area is 135 Å². The van der Waals surface area contributed by atoms with Gasteiger partial charge in [-0.15, -0.1) is 0 Å². The van der Waals surface area contributed by atoms with E-state index >= 15 is 0 Å². The van der Waals surface area contributed by atoms with Crippen molar-refractivity contribution in [3.63, 3.8) is 0 Å². The molecule has 1 aliphatic rings. The molecule has 1 atom stereocenters. The maximum Gasteiger partial charge on any atom is 0.260 e. The molecule has 0 saturated heterocycles. The first-order chi connectivity index (χ1) is 11.2. The molecule has 3 rings (SSSR count). The number of benzene rings is 2. The lowest BCUT2D eigenvalue weighted by molar-refractivity contribution is -0.127. The minimum Gasteiger partial charge on any atom is -0.481 e. The third kappa shape index (κ3) is 3.89. The van der Waals surface area contributed by atoms with Gasteiger partial charge in [-0.25, -0.2) is 0 Å². The molecule has 23 heavy (non-hydrogen) atoms. The normalized spacial score (nSPS) is 14.6. The van der Waals surface area contributed by atoms with Gasteiger partial charge in [0.1, 0.15) is 5.75 Å². The fraction of sp³-hybridized carbons (Fsp3) is 0.263. The van der Waals surface area contributed by atoms with Gasteiger partial charge in [-0.2, -0.15) is 5.26 Å². The molecule has 4 heteroatoms. The molecular weight excluding hydrogens is 288 g/mol. The van der Waals surface area contributed by atoms with Crippen molar-refractivity contribution >= 4 is 5.91 Å². The Morgan fingerprint density at radius 1 is 1.13 bits per heavy atom. The summed E-state index contributed by atoms with van der Waals surface area (Å²) in [7, 11) is 0. The van der Waals surface area contributed by atoms with Crippen molar-refractivity contribution in [3.8, 4) is 22.9 Å². The van der Waals surface area contributed by atoms with E-state index in [-0.39, 0.29) is 5.91 Å². The van der Waals surface area contributed by atoms with Crippen LogP contribution >= 0.6 is 0 Å². The molecular formula is C19H18N2O2. The Morgan fingerprint density at radius 3 is 2.22 bits per heavy atom. The number of ether oxygens (including phenoxy) is 1. The molecule has 0 bridgehead atoms. The summed E-state index contributed by atoms with van der Waals surface area (Å²) < 4.78 is 5.68. The number of nitrogens with one attached hydrogen (secondary N) is 1. The van der Waals surface area contributed by atoms with E-state index in [1.807, 2.05) is 36.4 Å². The number of nitriles is 1. The van der Waals surface area contributed by atoms with E-state index in [1.165, 1.54) is 0 Å². The Hall–Kier alpha value is -2.80. The Bertz CT molecular complexity index is 725. The van der Waals surface area contributed by atoms with E-state index < -0.39 is 6.10 Å². The van der Waals surface area contributed by atoms with Crippen molar-refractivity contribution in [2.24, 2.45) is 0 Å². The molecule has 1 amide bonds. The number of carbonyl (C=O) groups excluding carboxylic acids is 1. The van der Waals surface area contributed by atoms with Crippen LogP contribution < -0.4 is 10.1 Å². The Morgan fingerprint density at radius 2 is 1.70 bits per heavy atom. The molecule has 116 valence electrons. The van der Waals surface area contributed by atoms with Gasteiger partial charge in [-0.1, -0.05) is 24.3 Å². The Kier molecular flexibility index (Phi) is 4.29. The number of nitrogens with zero attached hydrogens (tertiary/aromatic N) is 1. The number of hydrogen-bond donors (Lipinski definition) is 1. The molecule has 4 nitrogen and oxygen atoms in total. The van der Waals surface area contributed by atoms with Crippen molar-refractivity contribution in [1.82, 2.24) is 5.32 Å². The van der Waals surface area contributed by atoms with E-state index in [9.17, 15) is 4.79 Å². The first kappa shape index (κ1) is 15.1. The molecule has 0 aliphatic heterocycles. The van der Waals surface area contributed by atoms with E-state index in [4.69, 9.17) is 10.00 Å². The van der Waals surface area contributed by atoms with Crippen LogP contribution in [-0.4, -0.2) is 18.1 Å². The van der Waals surface area contributed by atoms with Crippen LogP contribution in [0.15, 0.2) is 48.5 Å². The van der Waals surface area contributed by atoms with Gasteiger partial charge in [0.05, 0.1) is 11.6 Å². The monoisotopic (exact) mass is 306 g/mol. The second kappa shape index (κ2) is 6.53. The maximum absolute atomic E-state index is 11.9. The maximum atomic E-state index is 11.9. The summed E-state index contributed by atoms with van der Waals surface area (Å²) in [4.78, 5) is 11.9. The zero-order chi connectivity index (χ0) is 16.2. The summed E-state index contributed by atoms with van der Waals surface area (Å²) in [5.41, 5.74) is 2.72. The fourth-order valence-electron chi connectivity index (χ4n) is 2.27. The SMILES string of the molecule is C[C@@H](Oc1ccc(-c2ccc(C#N)cc2)cc1)C(=O)NC1CC1. The lowest BCUT2D eigenvalue weighted by atomic mass is 10.0. The van der Waals surface area contributed by atoms with Gasteiger partial charge in [0, 0.05) is 6.04 Å². The average Bonchev–Trinajstić information content (AvgIpc) is 3.39. The number of rotatable bonds is 5. The minimum atomic E-state index is -0.503. The summed E-state index contributed by atoms with van der Waals surface area (Å²) in [5, 5.41) is 11.8. The Balaban J connectivity index is 1.64. The van der Waals surface area contributed by atoms with Gasteiger partial charge >= 0.3 is 0 Å². The number of hydrogen-bond acceptors (Lipinski definition) is 3. The van der Waals surface area contributed by atoms with Crippen molar-refractivity contribution in [2.75, 3.05) is 0 Å². The first-order valence-electron chi connectivity index (χ1n) is 7.73. The van der Waals surface area contributed by atoms with Crippen LogP contribution in [0.4, 0.5) is 0 Å². The molecule has 1 saturated carbocycles. The second-order valence-corrected chi connectivity index (χ2v) is 5.76. The average molecular weight is 306 g/mol. The highest BCUT2D eigenvalue weighted by Gasteiger charge is 2.26. The molecule has 0 spiro atoms. The fourth-order valence-corrected chi connectivity index (χ4v) is 2.27. The van der Waals surface area contributed by atoms with E-state index in [0.29, 0.717) is 17.4 Å². The van der Waals surface area contributed by atoms with Crippen molar-refractivity contribution in [3.05, 3.63) is 54.1 Å². The molecule has 1 aliphatic carbocycles. The van der Waals surface area contributed by atoms with Crippen LogP contribution in [0.2, 0.25) is 0 Å². The second-order valence-electron chi connectivity index (χ2n) is 5.76. The summed E-state index contributed by atoms with van der Waals surface area (Å²) in [5.74, 6) is 0.601. The largest absolute Gasteiger partial charge is 0.481 e. The van der Waals surface area contributed by atoms with Crippen molar-refractivity contribution in [1.29, 1.82) is 5.26 Å². The van der Waals surface area contributed by atoms with Crippen molar-refractivity contribution in [2.45, 2.75) is 31.9 Å². The first-order valence-corrected chi connectivity index (χ1v) is 7.73. The van der Waals surface area contributed by atoms with Gasteiger partial charge in [-0.3, -0.25) is 4.79 Å². The summed E-state index contributed by atoms with van der Waals surface area (Å²) >= 11 is 0. The minimum absolute atomic E-state index is 0.0660. The summed E-state index contributed by atoms with van der Waals surface area (Å²) in [6.07, 6.45) is 1.63. The van der Waals surface area contributed by atoms with E-state index in [0.717, 1.165) is 24.0 Å². The molecule has 0 aromatic heterocycles. The van der Waals surface area contributed by atoms with Gasteiger partial charge in [0.25, 0.3) is 5.91 Å². The summed E-state index contributed by atoms with van der Waals surface area (Å²) in [6.45, 7) is 1.76. The highest BCUT2D eigenvalue weighted by atomic mass is 16.5. The molecule has 1 fully saturated rings. The van der Waals surface area contributed by atoms with Gasteiger partial charge in [0.2, 0.25) is 0 Å². The highest BCUT2D eigenvalue weighted by molar-refractivity contribution is 5.81. The van der Waals surface area contributed by atoms with Crippen LogP contribution in [0, 0.1) is 11.3 Å². The smallest absolute Gasteiger partial charge is 0.260 e. The lowest BCUT2D eigenvalue weighted by Crippen LogP contribution is -2.37. The predicted octanol–water partition coefficient (Wildman–Crippen LogP) is 3.27. The van der Waals surface area contributed by atoms with Crippen molar-refractivity contribution < 1.29 is 9.53 Å². The third-order valence-corrected chi connectivity index (χ3v) is 3.81. The molecule has 0 radical (unpaired) electrons. The highest BCUT2D eigenvalue weighted by Crippen LogP contribution is 2.24. The molecule has 0 heterocycles. The van der Waals surface area contributed by atoms with Crippen LogP contribution in [-0.2, 0) is 4.79 Å². The topological polar surface area (TPSA) is 62.1 Å². The molecule has 2 aromatic rings. The molecule has 1 N–H and O–H groups in total.